The minimum absolute atomic E-state index is 0.325. The molecule has 17 heavy (non-hydrogen) atoms. The lowest BCUT2D eigenvalue weighted by Crippen LogP contribution is -2.21. The van der Waals surface area contributed by atoms with Gasteiger partial charge in [-0.25, -0.2) is 4.68 Å². The standard InChI is InChI=1S/C9H19N5O2S/c1-3-10-4-5-14-9(11-12-13-14)17-7-8(15)6-16-2/h8,10,15H,3-7H2,1-2H3. The van der Waals surface area contributed by atoms with Gasteiger partial charge in [0.25, 0.3) is 0 Å². The molecular formula is C9H19N5O2S. The molecule has 0 amide bonds. The van der Waals surface area contributed by atoms with Gasteiger partial charge in [0.1, 0.15) is 0 Å². The Labute approximate surface area is 105 Å². The molecule has 0 aliphatic carbocycles. The minimum Gasteiger partial charge on any atom is -0.390 e. The van der Waals surface area contributed by atoms with Gasteiger partial charge in [0.2, 0.25) is 5.16 Å². The monoisotopic (exact) mass is 261 g/mol. The summed E-state index contributed by atoms with van der Waals surface area (Å²) in [6, 6.07) is 0. The summed E-state index contributed by atoms with van der Waals surface area (Å²) >= 11 is 1.43. The maximum absolute atomic E-state index is 9.52. The molecule has 98 valence electrons. The number of tetrazole rings is 1. The van der Waals surface area contributed by atoms with Gasteiger partial charge in [-0.3, -0.25) is 0 Å². The summed E-state index contributed by atoms with van der Waals surface area (Å²) in [7, 11) is 1.56. The van der Waals surface area contributed by atoms with Gasteiger partial charge < -0.3 is 15.2 Å². The highest BCUT2D eigenvalue weighted by atomic mass is 32.2. The molecule has 0 radical (unpaired) electrons. The van der Waals surface area contributed by atoms with Crippen LogP contribution < -0.4 is 5.32 Å². The zero-order valence-corrected chi connectivity index (χ0v) is 11.0. The summed E-state index contributed by atoms with van der Waals surface area (Å²) in [6.07, 6.45) is -0.496. The maximum Gasteiger partial charge on any atom is 0.209 e. The van der Waals surface area contributed by atoms with E-state index in [-0.39, 0.29) is 0 Å². The molecular weight excluding hydrogens is 242 g/mol. The molecule has 0 aliphatic heterocycles. The molecule has 1 aromatic heterocycles. The number of hydrogen-bond acceptors (Lipinski definition) is 7. The zero-order chi connectivity index (χ0) is 12.5. The summed E-state index contributed by atoms with van der Waals surface area (Å²) in [5.74, 6) is 0.523. The number of rotatable bonds is 9. The highest BCUT2D eigenvalue weighted by Crippen LogP contribution is 2.14. The molecule has 1 heterocycles. The van der Waals surface area contributed by atoms with E-state index in [9.17, 15) is 5.11 Å². The number of methoxy groups -OCH3 is 1. The third kappa shape index (κ3) is 5.44. The first-order valence-corrected chi connectivity index (χ1v) is 6.53. The van der Waals surface area contributed by atoms with Crippen LogP contribution in [0.25, 0.3) is 0 Å². The van der Waals surface area contributed by atoms with Crippen LogP contribution in [0.2, 0.25) is 0 Å². The minimum atomic E-state index is -0.496. The summed E-state index contributed by atoms with van der Waals surface area (Å²) < 4.78 is 6.58. The van der Waals surface area contributed by atoms with E-state index in [1.807, 2.05) is 0 Å². The Morgan fingerprint density at radius 1 is 1.59 bits per heavy atom. The second-order valence-electron chi connectivity index (χ2n) is 3.46. The second kappa shape index (κ2) is 8.40. The number of thioether (sulfide) groups is 1. The molecule has 0 saturated heterocycles. The number of likely N-dealkylation sites (N-methyl/N-ethyl adjacent to an activating group) is 1. The third-order valence-electron chi connectivity index (χ3n) is 2.01. The van der Waals surface area contributed by atoms with E-state index in [0.717, 1.165) is 24.8 Å². The fourth-order valence-electron chi connectivity index (χ4n) is 1.21. The molecule has 0 bridgehead atoms. The molecule has 1 unspecified atom stereocenters. The van der Waals surface area contributed by atoms with Crippen LogP contribution in [0, 0.1) is 0 Å². The summed E-state index contributed by atoms with van der Waals surface area (Å²) in [6.45, 7) is 4.86. The second-order valence-corrected chi connectivity index (χ2v) is 4.45. The van der Waals surface area contributed by atoms with Crippen LogP contribution >= 0.6 is 11.8 Å². The van der Waals surface area contributed by atoms with E-state index >= 15 is 0 Å². The number of ether oxygens (including phenoxy) is 1. The average molecular weight is 261 g/mol. The van der Waals surface area contributed by atoms with Crippen molar-refractivity contribution in [3.63, 3.8) is 0 Å². The Bertz CT molecular complexity index is 309. The van der Waals surface area contributed by atoms with Crippen LogP contribution in [0.1, 0.15) is 6.92 Å². The Kier molecular flexibility index (Phi) is 7.10. The van der Waals surface area contributed by atoms with Crippen LogP contribution in [0.3, 0.4) is 0 Å². The highest BCUT2D eigenvalue weighted by Gasteiger charge is 2.10. The van der Waals surface area contributed by atoms with Gasteiger partial charge >= 0.3 is 0 Å². The first-order chi connectivity index (χ1) is 8.27. The van der Waals surface area contributed by atoms with Crippen molar-refractivity contribution < 1.29 is 9.84 Å². The van der Waals surface area contributed by atoms with Gasteiger partial charge in [-0.2, -0.15) is 0 Å². The molecule has 7 nitrogen and oxygen atoms in total. The van der Waals surface area contributed by atoms with Gasteiger partial charge in [0.15, 0.2) is 0 Å². The lowest BCUT2D eigenvalue weighted by Gasteiger charge is -2.08. The predicted octanol–water partition coefficient (Wildman–Crippen LogP) is -0.618. The van der Waals surface area contributed by atoms with Gasteiger partial charge in [0, 0.05) is 19.4 Å². The topological polar surface area (TPSA) is 85.1 Å². The molecule has 0 aliphatic rings. The van der Waals surface area contributed by atoms with Gasteiger partial charge in [0.05, 0.1) is 19.3 Å². The van der Waals surface area contributed by atoms with Crippen LogP contribution in [0.15, 0.2) is 5.16 Å². The SMILES string of the molecule is CCNCCn1nnnc1SCC(O)COC. The molecule has 1 atom stereocenters. The van der Waals surface area contributed by atoms with E-state index in [1.54, 1.807) is 11.8 Å². The van der Waals surface area contributed by atoms with Gasteiger partial charge in [-0.15, -0.1) is 5.10 Å². The van der Waals surface area contributed by atoms with Crippen molar-refractivity contribution in [2.75, 3.05) is 32.6 Å². The van der Waals surface area contributed by atoms with E-state index in [0.29, 0.717) is 12.4 Å². The Hall–Kier alpha value is -0.700. The molecule has 0 saturated carbocycles. The first-order valence-electron chi connectivity index (χ1n) is 5.54. The van der Waals surface area contributed by atoms with E-state index in [1.165, 1.54) is 11.8 Å². The normalized spacial score (nSPS) is 12.9. The third-order valence-corrected chi connectivity index (χ3v) is 3.12. The van der Waals surface area contributed by atoms with Gasteiger partial charge in [-0.05, 0) is 17.0 Å². The summed E-state index contributed by atoms with van der Waals surface area (Å²) in [5, 5.41) is 24.9. The van der Waals surface area contributed by atoms with Crippen molar-refractivity contribution in [1.82, 2.24) is 25.5 Å². The Morgan fingerprint density at radius 2 is 2.41 bits per heavy atom. The summed E-state index contributed by atoms with van der Waals surface area (Å²) in [5.41, 5.74) is 0. The molecule has 0 fully saturated rings. The number of hydrogen-bond donors (Lipinski definition) is 2. The lowest BCUT2D eigenvalue weighted by atomic mass is 10.4. The number of nitrogens with one attached hydrogen (secondary N) is 1. The fourth-order valence-corrected chi connectivity index (χ4v) is 2.02. The number of aliphatic hydroxyl groups is 1. The Morgan fingerprint density at radius 3 is 3.12 bits per heavy atom. The predicted molar refractivity (Wildman–Crippen MR) is 65.0 cm³/mol. The number of nitrogens with zero attached hydrogens (tertiary/aromatic N) is 4. The lowest BCUT2D eigenvalue weighted by molar-refractivity contribution is 0.0793. The van der Waals surface area contributed by atoms with Crippen molar-refractivity contribution >= 4 is 11.8 Å². The molecule has 8 heteroatoms. The molecule has 1 rings (SSSR count). The Balaban J connectivity index is 2.34. The smallest absolute Gasteiger partial charge is 0.209 e. The molecule has 0 spiro atoms. The van der Waals surface area contributed by atoms with E-state index in [2.05, 4.69) is 27.8 Å². The van der Waals surface area contributed by atoms with Crippen molar-refractivity contribution in [3.8, 4) is 0 Å². The summed E-state index contributed by atoms with van der Waals surface area (Å²) in [4.78, 5) is 0. The van der Waals surface area contributed by atoms with E-state index in [4.69, 9.17) is 4.74 Å². The quantitative estimate of drug-likeness (QED) is 0.453. The first kappa shape index (κ1) is 14.4. The van der Waals surface area contributed by atoms with Crippen LogP contribution in [0.5, 0.6) is 0 Å². The maximum atomic E-state index is 9.52. The number of aromatic nitrogens is 4. The molecule has 0 aromatic carbocycles. The van der Waals surface area contributed by atoms with Crippen LogP contribution in [0.4, 0.5) is 0 Å². The molecule has 1 aromatic rings. The molecule has 2 N–H and O–H groups in total. The van der Waals surface area contributed by atoms with E-state index < -0.39 is 6.10 Å². The largest absolute Gasteiger partial charge is 0.390 e. The zero-order valence-electron chi connectivity index (χ0n) is 10.2. The van der Waals surface area contributed by atoms with Crippen LogP contribution in [-0.2, 0) is 11.3 Å². The average Bonchev–Trinajstić information content (AvgIpc) is 2.75. The van der Waals surface area contributed by atoms with Crippen molar-refractivity contribution in [3.05, 3.63) is 0 Å². The van der Waals surface area contributed by atoms with Gasteiger partial charge in [-0.1, -0.05) is 18.7 Å². The number of aliphatic hydroxyl groups excluding tert-OH is 1. The highest BCUT2D eigenvalue weighted by molar-refractivity contribution is 7.99. The van der Waals surface area contributed by atoms with Crippen LogP contribution in [-0.4, -0.2) is 64.0 Å². The van der Waals surface area contributed by atoms with Crippen molar-refractivity contribution in [1.29, 1.82) is 0 Å². The van der Waals surface area contributed by atoms with Crippen molar-refractivity contribution in [2.45, 2.75) is 24.7 Å². The van der Waals surface area contributed by atoms with Crippen molar-refractivity contribution in [2.24, 2.45) is 0 Å². The fraction of sp³-hybridized carbons (Fsp3) is 0.889.